The highest BCUT2D eigenvalue weighted by molar-refractivity contribution is 6.31. The van der Waals surface area contributed by atoms with Crippen molar-refractivity contribution in [3.05, 3.63) is 63.5 Å². The number of aryl methyl sites for hydroxylation is 1. The number of amides is 1. The van der Waals surface area contributed by atoms with Crippen molar-refractivity contribution in [3.63, 3.8) is 0 Å². The minimum atomic E-state index is -0.819. The van der Waals surface area contributed by atoms with Crippen molar-refractivity contribution in [2.24, 2.45) is 7.05 Å². The fourth-order valence-electron chi connectivity index (χ4n) is 2.61. The molecule has 144 valence electrons. The molecule has 0 aliphatic heterocycles. The molecule has 0 aliphatic carbocycles. The minimum absolute atomic E-state index is 0.0502. The maximum absolute atomic E-state index is 12.4. The number of nitrogens with zero attached hydrogens (tertiary/aromatic N) is 2. The Kier molecular flexibility index (Phi) is 5.60. The SMILES string of the molecule is COc1ccc(Cl)cc1NC(=O)COC(=O)c1nn(C)c(=O)c2ccccc12. The lowest BCUT2D eigenvalue weighted by Gasteiger charge is -2.11. The Balaban J connectivity index is 1.75. The molecule has 0 fully saturated rings. The van der Waals surface area contributed by atoms with Crippen molar-refractivity contribution in [2.75, 3.05) is 19.0 Å². The van der Waals surface area contributed by atoms with Crippen LogP contribution in [0.4, 0.5) is 5.69 Å². The van der Waals surface area contributed by atoms with E-state index in [9.17, 15) is 14.4 Å². The van der Waals surface area contributed by atoms with Gasteiger partial charge in [0.15, 0.2) is 12.3 Å². The number of carbonyl (C=O) groups is 2. The van der Waals surface area contributed by atoms with Gasteiger partial charge in [0, 0.05) is 17.5 Å². The summed E-state index contributed by atoms with van der Waals surface area (Å²) < 4.78 is 11.3. The van der Waals surface area contributed by atoms with E-state index in [1.54, 1.807) is 36.4 Å². The summed E-state index contributed by atoms with van der Waals surface area (Å²) in [6, 6.07) is 11.3. The topological polar surface area (TPSA) is 99.5 Å². The van der Waals surface area contributed by atoms with Crippen LogP contribution in [0.3, 0.4) is 0 Å². The lowest BCUT2D eigenvalue weighted by molar-refractivity contribution is -0.119. The zero-order valence-corrected chi connectivity index (χ0v) is 15.8. The average Bonchev–Trinajstić information content (AvgIpc) is 2.69. The number of carbonyl (C=O) groups excluding carboxylic acids is 2. The van der Waals surface area contributed by atoms with Gasteiger partial charge >= 0.3 is 5.97 Å². The number of rotatable bonds is 5. The first kappa shape index (κ1) is 19.4. The maximum atomic E-state index is 12.4. The van der Waals surface area contributed by atoms with Gasteiger partial charge in [-0.25, -0.2) is 9.48 Å². The van der Waals surface area contributed by atoms with Crippen molar-refractivity contribution in [2.45, 2.75) is 0 Å². The van der Waals surface area contributed by atoms with Crippen LogP contribution < -0.4 is 15.6 Å². The predicted molar refractivity (Wildman–Crippen MR) is 104 cm³/mol. The van der Waals surface area contributed by atoms with Gasteiger partial charge in [-0.3, -0.25) is 9.59 Å². The number of aromatic nitrogens is 2. The van der Waals surface area contributed by atoms with Gasteiger partial charge in [-0.15, -0.1) is 0 Å². The van der Waals surface area contributed by atoms with Crippen molar-refractivity contribution in [3.8, 4) is 5.75 Å². The number of esters is 1. The summed E-state index contributed by atoms with van der Waals surface area (Å²) >= 11 is 5.92. The predicted octanol–water partition coefficient (Wildman–Crippen LogP) is 2.39. The van der Waals surface area contributed by atoms with Crippen LogP contribution in [0.25, 0.3) is 10.8 Å². The van der Waals surface area contributed by atoms with Gasteiger partial charge in [-0.1, -0.05) is 29.8 Å². The molecule has 0 bridgehead atoms. The molecular weight excluding hydrogens is 386 g/mol. The van der Waals surface area contributed by atoms with Crippen LogP contribution in [0.15, 0.2) is 47.3 Å². The summed E-state index contributed by atoms with van der Waals surface area (Å²) in [6.07, 6.45) is 0. The van der Waals surface area contributed by atoms with E-state index >= 15 is 0 Å². The highest BCUT2D eigenvalue weighted by atomic mass is 35.5. The first-order chi connectivity index (χ1) is 13.4. The van der Waals surface area contributed by atoms with Crippen LogP contribution in [0, 0.1) is 0 Å². The minimum Gasteiger partial charge on any atom is -0.495 e. The Morgan fingerprint density at radius 3 is 2.61 bits per heavy atom. The smallest absolute Gasteiger partial charge is 0.359 e. The Bertz CT molecular complexity index is 1130. The van der Waals surface area contributed by atoms with Crippen LogP contribution >= 0.6 is 11.6 Å². The molecule has 0 radical (unpaired) electrons. The molecule has 0 spiro atoms. The van der Waals surface area contributed by atoms with E-state index in [1.165, 1.54) is 20.2 Å². The summed E-state index contributed by atoms with van der Waals surface area (Å²) in [5.41, 5.74) is -0.0366. The molecule has 9 heteroatoms. The van der Waals surface area contributed by atoms with Gasteiger partial charge < -0.3 is 14.8 Å². The lowest BCUT2D eigenvalue weighted by Crippen LogP contribution is -2.26. The summed E-state index contributed by atoms with van der Waals surface area (Å²) in [4.78, 5) is 36.7. The summed E-state index contributed by atoms with van der Waals surface area (Å²) in [7, 11) is 2.89. The lowest BCUT2D eigenvalue weighted by atomic mass is 10.1. The normalized spacial score (nSPS) is 10.5. The zero-order chi connectivity index (χ0) is 20.3. The third-order valence-electron chi connectivity index (χ3n) is 3.92. The van der Waals surface area contributed by atoms with Crippen LogP contribution in [0.5, 0.6) is 5.75 Å². The molecule has 0 saturated heterocycles. The Morgan fingerprint density at radius 2 is 1.89 bits per heavy atom. The van der Waals surface area contributed by atoms with E-state index in [-0.39, 0.29) is 11.3 Å². The number of benzene rings is 2. The second-order valence-electron chi connectivity index (χ2n) is 5.79. The molecule has 1 N–H and O–H groups in total. The highest BCUT2D eigenvalue weighted by Crippen LogP contribution is 2.27. The van der Waals surface area contributed by atoms with E-state index in [2.05, 4.69) is 10.4 Å². The summed E-state index contributed by atoms with van der Waals surface area (Å²) in [5, 5.41) is 7.63. The summed E-state index contributed by atoms with van der Waals surface area (Å²) in [5.74, 6) is -0.988. The van der Waals surface area contributed by atoms with E-state index in [0.29, 0.717) is 27.2 Å². The largest absolute Gasteiger partial charge is 0.495 e. The number of halogens is 1. The molecule has 28 heavy (non-hydrogen) atoms. The second-order valence-corrected chi connectivity index (χ2v) is 6.23. The van der Waals surface area contributed by atoms with E-state index in [0.717, 1.165) is 4.68 Å². The summed E-state index contributed by atoms with van der Waals surface area (Å²) in [6.45, 7) is -0.548. The number of hydrogen-bond donors (Lipinski definition) is 1. The Morgan fingerprint density at radius 1 is 1.18 bits per heavy atom. The molecular formula is C19H16ClN3O5. The quantitative estimate of drug-likeness (QED) is 0.659. The zero-order valence-electron chi connectivity index (χ0n) is 15.1. The van der Waals surface area contributed by atoms with Crippen molar-refractivity contribution in [1.29, 1.82) is 0 Å². The standard InChI is InChI=1S/C19H16ClN3O5/c1-23-18(25)13-6-4-3-5-12(13)17(22-23)19(26)28-10-16(24)21-14-9-11(20)7-8-15(14)27-2/h3-9H,10H2,1-2H3,(H,21,24). The molecule has 2 aromatic carbocycles. The van der Waals surface area contributed by atoms with Crippen molar-refractivity contribution >= 4 is 39.9 Å². The van der Waals surface area contributed by atoms with Gasteiger partial charge in [-0.2, -0.15) is 5.10 Å². The van der Waals surface area contributed by atoms with Crippen LogP contribution in [0.2, 0.25) is 5.02 Å². The van der Waals surface area contributed by atoms with Crippen LogP contribution in [-0.4, -0.2) is 35.4 Å². The van der Waals surface area contributed by atoms with E-state index < -0.39 is 18.5 Å². The average molecular weight is 402 g/mol. The Hall–Kier alpha value is -3.39. The number of hydrogen-bond acceptors (Lipinski definition) is 6. The first-order valence-corrected chi connectivity index (χ1v) is 8.55. The fourth-order valence-corrected chi connectivity index (χ4v) is 2.79. The molecule has 3 aromatic rings. The third-order valence-corrected chi connectivity index (χ3v) is 4.15. The van der Waals surface area contributed by atoms with E-state index in [1.807, 2.05) is 0 Å². The van der Waals surface area contributed by atoms with Gasteiger partial charge in [0.05, 0.1) is 18.2 Å². The molecule has 1 aromatic heterocycles. The number of methoxy groups -OCH3 is 1. The molecule has 0 aliphatic rings. The molecule has 0 atom stereocenters. The van der Waals surface area contributed by atoms with Crippen LogP contribution in [0.1, 0.15) is 10.5 Å². The van der Waals surface area contributed by atoms with Crippen molar-refractivity contribution < 1.29 is 19.1 Å². The van der Waals surface area contributed by atoms with Crippen LogP contribution in [-0.2, 0) is 16.6 Å². The third kappa shape index (κ3) is 3.96. The molecule has 3 rings (SSSR count). The molecule has 8 nitrogen and oxygen atoms in total. The molecule has 1 amide bonds. The number of fused-ring (bicyclic) bond motifs is 1. The maximum Gasteiger partial charge on any atom is 0.359 e. The monoisotopic (exact) mass is 401 g/mol. The van der Waals surface area contributed by atoms with Crippen molar-refractivity contribution in [1.82, 2.24) is 9.78 Å². The highest BCUT2D eigenvalue weighted by Gasteiger charge is 2.18. The fraction of sp³-hybridized carbons (Fsp3) is 0.158. The molecule has 0 saturated carbocycles. The van der Waals surface area contributed by atoms with E-state index in [4.69, 9.17) is 21.1 Å². The Labute approximate surface area is 164 Å². The molecule has 1 heterocycles. The number of ether oxygens (including phenoxy) is 2. The van der Waals surface area contributed by atoms with Gasteiger partial charge in [-0.05, 0) is 24.3 Å². The molecule has 0 unspecified atom stereocenters. The first-order valence-electron chi connectivity index (χ1n) is 8.17. The van der Waals surface area contributed by atoms with Gasteiger partial charge in [0.2, 0.25) is 0 Å². The van der Waals surface area contributed by atoms with Gasteiger partial charge in [0.1, 0.15) is 5.75 Å². The number of anilines is 1. The second kappa shape index (κ2) is 8.10. The van der Waals surface area contributed by atoms with Gasteiger partial charge in [0.25, 0.3) is 11.5 Å². The number of nitrogens with one attached hydrogen (secondary N) is 1.